The first-order valence-corrected chi connectivity index (χ1v) is 7.51. The summed E-state index contributed by atoms with van der Waals surface area (Å²) >= 11 is 0. The third kappa shape index (κ3) is 2.51. The smallest absolute Gasteiger partial charge is 0.0695 e. The van der Waals surface area contributed by atoms with Gasteiger partial charge >= 0.3 is 0 Å². The molecule has 0 amide bonds. The van der Waals surface area contributed by atoms with Gasteiger partial charge in [-0.2, -0.15) is 0 Å². The van der Waals surface area contributed by atoms with E-state index in [2.05, 4.69) is 9.80 Å². The Balaban J connectivity index is 1.54. The summed E-state index contributed by atoms with van der Waals surface area (Å²) < 4.78 is 0. The first-order chi connectivity index (χ1) is 8.34. The van der Waals surface area contributed by atoms with Crippen LogP contribution in [0.3, 0.4) is 0 Å². The van der Waals surface area contributed by atoms with E-state index in [-0.39, 0.29) is 6.10 Å². The maximum absolute atomic E-state index is 9.99. The van der Waals surface area contributed by atoms with Crippen LogP contribution >= 0.6 is 0 Å². The van der Waals surface area contributed by atoms with Crippen molar-refractivity contribution in [2.75, 3.05) is 26.2 Å². The molecule has 1 saturated carbocycles. The molecule has 2 aliphatic heterocycles. The van der Waals surface area contributed by atoms with Crippen LogP contribution in [0.25, 0.3) is 0 Å². The van der Waals surface area contributed by atoms with Crippen LogP contribution < -0.4 is 0 Å². The van der Waals surface area contributed by atoms with Crippen molar-refractivity contribution in [2.45, 2.75) is 63.1 Å². The molecule has 3 atom stereocenters. The largest absolute Gasteiger partial charge is 0.391 e. The minimum atomic E-state index is -0.0462. The lowest BCUT2D eigenvalue weighted by Crippen LogP contribution is -2.44. The number of nitrogens with zero attached hydrogens (tertiary/aromatic N) is 2. The number of likely N-dealkylation sites (tertiary alicyclic amines) is 2. The van der Waals surface area contributed by atoms with Crippen LogP contribution in [0.4, 0.5) is 0 Å². The van der Waals surface area contributed by atoms with E-state index in [0.717, 1.165) is 12.5 Å². The topological polar surface area (TPSA) is 26.7 Å². The minimum Gasteiger partial charge on any atom is -0.391 e. The average molecular weight is 238 g/mol. The van der Waals surface area contributed by atoms with E-state index in [1.807, 2.05) is 0 Å². The molecule has 0 aromatic carbocycles. The van der Waals surface area contributed by atoms with Crippen LogP contribution in [0.1, 0.15) is 44.9 Å². The molecule has 0 bridgehead atoms. The lowest BCUT2D eigenvalue weighted by Gasteiger charge is -2.33. The van der Waals surface area contributed by atoms with Gasteiger partial charge in [0.1, 0.15) is 0 Å². The van der Waals surface area contributed by atoms with Crippen molar-refractivity contribution in [1.82, 2.24) is 9.80 Å². The molecular weight excluding hydrogens is 212 g/mol. The molecular formula is C14H26N2O. The van der Waals surface area contributed by atoms with E-state index >= 15 is 0 Å². The van der Waals surface area contributed by atoms with E-state index in [1.165, 1.54) is 64.7 Å². The molecule has 3 rings (SSSR count). The van der Waals surface area contributed by atoms with Gasteiger partial charge in [0.25, 0.3) is 0 Å². The van der Waals surface area contributed by atoms with Gasteiger partial charge in [-0.3, -0.25) is 9.80 Å². The van der Waals surface area contributed by atoms with Crippen molar-refractivity contribution in [3.63, 3.8) is 0 Å². The number of aliphatic hydroxyl groups is 1. The molecule has 17 heavy (non-hydrogen) atoms. The molecule has 0 aromatic rings. The van der Waals surface area contributed by atoms with Gasteiger partial charge in [0.2, 0.25) is 0 Å². The monoisotopic (exact) mass is 238 g/mol. The van der Waals surface area contributed by atoms with Gasteiger partial charge in [-0.15, -0.1) is 0 Å². The Morgan fingerprint density at radius 1 is 0.765 bits per heavy atom. The van der Waals surface area contributed by atoms with Crippen molar-refractivity contribution >= 4 is 0 Å². The zero-order chi connectivity index (χ0) is 11.7. The van der Waals surface area contributed by atoms with Crippen molar-refractivity contribution in [3.8, 4) is 0 Å². The molecule has 3 nitrogen and oxygen atoms in total. The number of hydrogen-bond donors (Lipinski definition) is 1. The molecule has 0 aromatic heterocycles. The average Bonchev–Trinajstić information content (AvgIpc) is 2.98. The van der Waals surface area contributed by atoms with E-state index in [4.69, 9.17) is 0 Å². The Morgan fingerprint density at radius 3 is 2.29 bits per heavy atom. The predicted octanol–water partition coefficient (Wildman–Crippen LogP) is 1.46. The summed E-state index contributed by atoms with van der Waals surface area (Å²) in [5.74, 6) is 0. The summed E-state index contributed by atoms with van der Waals surface area (Å²) in [4.78, 5) is 5.27. The fraction of sp³-hybridized carbons (Fsp3) is 1.00. The second kappa shape index (κ2) is 5.25. The van der Waals surface area contributed by atoms with Crippen LogP contribution in [0.2, 0.25) is 0 Å². The van der Waals surface area contributed by atoms with Crippen LogP contribution in [-0.2, 0) is 0 Å². The van der Waals surface area contributed by atoms with Crippen LogP contribution in [0.15, 0.2) is 0 Å². The third-order valence-corrected chi connectivity index (χ3v) is 5.01. The quantitative estimate of drug-likeness (QED) is 0.789. The van der Waals surface area contributed by atoms with Gasteiger partial charge in [-0.05, 0) is 51.6 Å². The number of hydrogen-bond acceptors (Lipinski definition) is 3. The minimum absolute atomic E-state index is 0.0462. The second-order valence-corrected chi connectivity index (χ2v) is 6.10. The second-order valence-electron chi connectivity index (χ2n) is 6.10. The maximum Gasteiger partial charge on any atom is 0.0695 e. The Bertz CT molecular complexity index is 253. The predicted molar refractivity (Wildman–Crippen MR) is 69.0 cm³/mol. The number of rotatable bonds is 2. The van der Waals surface area contributed by atoms with Gasteiger partial charge < -0.3 is 5.11 Å². The maximum atomic E-state index is 9.99. The van der Waals surface area contributed by atoms with Crippen LogP contribution in [-0.4, -0.2) is 59.3 Å². The summed E-state index contributed by atoms with van der Waals surface area (Å²) in [6.07, 6.45) is 8.94. The molecule has 2 heterocycles. The van der Waals surface area contributed by atoms with E-state index in [1.54, 1.807) is 0 Å². The molecule has 98 valence electrons. The zero-order valence-electron chi connectivity index (χ0n) is 10.9. The lowest BCUT2D eigenvalue weighted by molar-refractivity contribution is 0.0769. The number of piperidine rings is 1. The van der Waals surface area contributed by atoms with Gasteiger partial charge in [-0.1, -0.05) is 6.42 Å². The summed E-state index contributed by atoms with van der Waals surface area (Å²) in [6.45, 7) is 5.04. The lowest BCUT2D eigenvalue weighted by atomic mass is 10.1. The first kappa shape index (κ1) is 11.9. The van der Waals surface area contributed by atoms with Crippen molar-refractivity contribution in [2.24, 2.45) is 0 Å². The fourth-order valence-corrected chi connectivity index (χ4v) is 4.00. The molecule has 0 spiro atoms. The highest BCUT2D eigenvalue weighted by Crippen LogP contribution is 2.29. The van der Waals surface area contributed by atoms with E-state index in [0.29, 0.717) is 6.04 Å². The van der Waals surface area contributed by atoms with Crippen molar-refractivity contribution < 1.29 is 5.11 Å². The molecule has 1 N–H and O–H groups in total. The normalized spacial score (nSPS) is 41.1. The fourth-order valence-electron chi connectivity index (χ4n) is 4.00. The number of aliphatic hydroxyl groups excluding tert-OH is 1. The van der Waals surface area contributed by atoms with Crippen molar-refractivity contribution in [3.05, 3.63) is 0 Å². The SMILES string of the molecule is O[C@@H]1CCC[C@H]1N1CCC(N2CCCCC2)C1. The van der Waals surface area contributed by atoms with Crippen molar-refractivity contribution in [1.29, 1.82) is 0 Å². The van der Waals surface area contributed by atoms with Crippen LogP contribution in [0, 0.1) is 0 Å². The highest BCUT2D eigenvalue weighted by Gasteiger charge is 2.36. The Morgan fingerprint density at radius 2 is 1.59 bits per heavy atom. The van der Waals surface area contributed by atoms with E-state index < -0.39 is 0 Å². The highest BCUT2D eigenvalue weighted by molar-refractivity contribution is 4.92. The Kier molecular flexibility index (Phi) is 3.69. The van der Waals surface area contributed by atoms with Gasteiger partial charge in [0, 0.05) is 25.2 Å². The first-order valence-electron chi connectivity index (χ1n) is 7.51. The summed E-state index contributed by atoms with van der Waals surface area (Å²) in [6, 6.07) is 1.26. The molecule has 3 aliphatic rings. The summed E-state index contributed by atoms with van der Waals surface area (Å²) in [5, 5.41) is 9.99. The van der Waals surface area contributed by atoms with Gasteiger partial charge in [0.15, 0.2) is 0 Å². The molecule has 3 heteroatoms. The molecule has 2 saturated heterocycles. The third-order valence-electron chi connectivity index (χ3n) is 5.01. The zero-order valence-corrected chi connectivity index (χ0v) is 10.9. The summed E-state index contributed by atoms with van der Waals surface area (Å²) in [5.41, 5.74) is 0. The molecule has 0 radical (unpaired) electrons. The van der Waals surface area contributed by atoms with Gasteiger partial charge in [-0.25, -0.2) is 0 Å². The highest BCUT2D eigenvalue weighted by atomic mass is 16.3. The van der Waals surface area contributed by atoms with Gasteiger partial charge in [0.05, 0.1) is 6.10 Å². The Labute approximate surface area is 105 Å². The molecule has 1 unspecified atom stereocenters. The van der Waals surface area contributed by atoms with Crippen LogP contribution in [0.5, 0.6) is 0 Å². The van der Waals surface area contributed by atoms with E-state index in [9.17, 15) is 5.11 Å². The Hall–Kier alpha value is -0.120. The standard InChI is InChI=1S/C14H26N2O/c17-14-6-4-5-13(14)16-10-7-12(11-16)15-8-2-1-3-9-15/h12-14,17H,1-11H2/t12?,13-,14-/m1/s1. The summed E-state index contributed by atoms with van der Waals surface area (Å²) in [7, 11) is 0. The molecule has 3 fully saturated rings. The molecule has 1 aliphatic carbocycles.